The Balaban J connectivity index is 2.16. The molecular formula is C12H15Br2N5O. The largest absolute Gasteiger partial charge is 0.495 e. The van der Waals surface area contributed by atoms with Crippen molar-refractivity contribution in [2.24, 2.45) is 0 Å². The summed E-state index contributed by atoms with van der Waals surface area (Å²) < 4.78 is 9.05. The number of nitrogens with zero attached hydrogens (tertiary/aromatic N) is 4. The van der Waals surface area contributed by atoms with Crippen molar-refractivity contribution in [3.8, 4) is 5.75 Å². The molecule has 0 fully saturated rings. The normalized spacial score (nSPS) is 10.6. The van der Waals surface area contributed by atoms with Crippen LogP contribution in [0.15, 0.2) is 21.1 Å². The third-order valence-electron chi connectivity index (χ3n) is 2.69. The van der Waals surface area contributed by atoms with E-state index in [1.807, 2.05) is 12.1 Å². The molecule has 0 aliphatic rings. The van der Waals surface area contributed by atoms with E-state index < -0.39 is 0 Å². The number of aryl methyl sites for hydroxylation is 1. The topological polar surface area (TPSA) is 64.9 Å². The summed E-state index contributed by atoms with van der Waals surface area (Å²) in [5.74, 6) is 1.46. The molecule has 0 amide bonds. The maximum Gasteiger partial charge on any atom is 0.243 e. The van der Waals surface area contributed by atoms with Gasteiger partial charge in [-0.05, 0) is 44.9 Å². The van der Waals surface area contributed by atoms with Crippen molar-refractivity contribution in [1.29, 1.82) is 0 Å². The maximum atomic E-state index is 5.41. The summed E-state index contributed by atoms with van der Waals surface area (Å²) in [6.07, 6.45) is 0.978. The number of ether oxygens (including phenoxy) is 1. The van der Waals surface area contributed by atoms with Crippen LogP contribution < -0.4 is 10.1 Å². The Morgan fingerprint density at radius 3 is 2.85 bits per heavy atom. The van der Waals surface area contributed by atoms with E-state index in [0.717, 1.165) is 33.2 Å². The van der Waals surface area contributed by atoms with Gasteiger partial charge in [-0.3, -0.25) is 0 Å². The monoisotopic (exact) mass is 403 g/mol. The molecule has 1 aromatic heterocycles. The number of aromatic nitrogens is 4. The van der Waals surface area contributed by atoms with Crippen LogP contribution in [0.4, 0.5) is 5.95 Å². The molecule has 0 atom stereocenters. The highest BCUT2D eigenvalue weighted by Crippen LogP contribution is 2.32. The Labute approximate surface area is 134 Å². The lowest BCUT2D eigenvalue weighted by atomic mass is 10.2. The fourth-order valence-electron chi connectivity index (χ4n) is 1.84. The molecule has 0 saturated carbocycles. The van der Waals surface area contributed by atoms with Crippen molar-refractivity contribution >= 4 is 37.8 Å². The zero-order chi connectivity index (χ0) is 14.5. The van der Waals surface area contributed by atoms with Crippen molar-refractivity contribution in [2.45, 2.75) is 26.4 Å². The smallest absolute Gasteiger partial charge is 0.243 e. The summed E-state index contributed by atoms with van der Waals surface area (Å²) in [5, 5.41) is 14.8. The molecule has 8 heteroatoms. The fourth-order valence-corrected chi connectivity index (χ4v) is 3.32. The van der Waals surface area contributed by atoms with Crippen LogP contribution in [0.2, 0.25) is 0 Å². The lowest BCUT2D eigenvalue weighted by Gasteiger charge is -2.12. The summed E-state index contributed by atoms with van der Waals surface area (Å²) >= 11 is 6.96. The first-order valence-electron chi connectivity index (χ1n) is 6.17. The molecule has 0 aliphatic carbocycles. The molecule has 108 valence electrons. The molecule has 0 unspecified atom stereocenters. The molecule has 2 rings (SSSR count). The SMILES string of the molecule is CCCn1nnnc1NCc1cc(Br)cc(Br)c1OC. The molecule has 1 aromatic carbocycles. The summed E-state index contributed by atoms with van der Waals surface area (Å²) in [6, 6.07) is 3.95. The van der Waals surface area contributed by atoms with Gasteiger partial charge in [-0.1, -0.05) is 28.0 Å². The van der Waals surface area contributed by atoms with Crippen LogP contribution in [0.3, 0.4) is 0 Å². The average Bonchev–Trinajstić information content (AvgIpc) is 2.84. The molecule has 20 heavy (non-hydrogen) atoms. The van der Waals surface area contributed by atoms with E-state index in [-0.39, 0.29) is 0 Å². The molecule has 2 aromatic rings. The first kappa shape index (κ1) is 15.2. The van der Waals surface area contributed by atoms with Crippen LogP contribution in [0.1, 0.15) is 18.9 Å². The van der Waals surface area contributed by atoms with Gasteiger partial charge >= 0.3 is 0 Å². The third-order valence-corrected chi connectivity index (χ3v) is 3.74. The zero-order valence-corrected chi connectivity index (χ0v) is 14.4. The van der Waals surface area contributed by atoms with Gasteiger partial charge in [-0.15, -0.1) is 0 Å². The summed E-state index contributed by atoms with van der Waals surface area (Å²) in [7, 11) is 1.65. The highest BCUT2D eigenvalue weighted by atomic mass is 79.9. The number of nitrogens with one attached hydrogen (secondary N) is 1. The number of benzene rings is 1. The number of anilines is 1. The van der Waals surface area contributed by atoms with Crippen molar-refractivity contribution < 1.29 is 4.74 Å². The highest BCUT2D eigenvalue weighted by molar-refractivity contribution is 9.11. The fraction of sp³-hybridized carbons (Fsp3) is 0.417. The Morgan fingerprint density at radius 1 is 1.35 bits per heavy atom. The molecular weight excluding hydrogens is 390 g/mol. The van der Waals surface area contributed by atoms with Gasteiger partial charge in [0.25, 0.3) is 0 Å². The highest BCUT2D eigenvalue weighted by Gasteiger charge is 2.11. The van der Waals surface area contributed by atoms with Gasteiger partial charge < -0.3 is 10.1 Å². The van der Waals surface area contributed by atoms with Crippen molar-refractivity contribution in [3.05, 3.63) is 26.6 Å². The Bertz CT molecular complexity index is 587. The standard InChI is InChI=1S/C12H15Br2N5O/c1-3-4-19-12(16-17-18-19)15-7-8-5-9(13)6-10(14)11(8)20-2/h5-6H,3-4,7H2,1-2H3,(H,15,16,18). The predicted octanol–water partition coefficient (Wildman–Crippen LogP) is 3.23. The van der Waals surface area contributed by atoms with Crippen LogP contribution in [0.25, 0.3) is 0 Å². The van der Waals surface area contributed by atoms with Gasteiger partial charge in [-0.2, -0.15) is 0 Å². The number of halogens is 2. The lowest BCUT2D eigenvalue weighted by molar-refractivity contribution is 0.407. The Morgan fingerprint density at radius 2 is 2.15 bits per heavy atom. The second-order valence-corrected chi connectivity index (χ2v) is 5.93. The zero-order valence-electron chi connectivity index (χ0n) is 11.2. The lowest BCUT2D eigenvalue weighted by Crippen LogP contribution is -2.09. The second kappa shape index (κ2) is 7.03. The van der Waals surface area contributed by atoms with E-state index in [0.29, 0.717) is 12.5 Å². The number of rotatable bonds is 6. The van der Waals surface area contributed by atoms with Crippen molar-refractivity contribution in [3.63, 3.8) is 0 Å². The second-order valence-electron chi connectivity index (χ2n) is 4.16. The number of methoxy groups -OCH3 is 1. The van der Waals surface area contributed by atoms with Crippen LogP contribution in [0.5, 0.6) is 5.75 Å². The first-order valence-corrected chi connectivity index (χ1v) is 7.76. The van der Waals surface area contributed by atoms with Gasteiger partial charge in [0.15, 0.2) is 0 Å². The van der Waals surface area contributed by atoms with Crippen molar-refractivity contribution in [2.75, 3.05) is 12.4 Å². The minimum Gasteiger partial charge on any atom is -0.495 e. The molecule has 6 nitrogen and oxygen atoms in total. The molecule has 1 heterocycles. The Hall–Kier alpha value is -1.15. The van der Waals surface area contributed by atoms with Gasteiger partial charge in [0, 0.05) is 23.1 Å². The van der Waals surface area contributed by atoms with E-state index in [1.54, 1.807) is 11.8 Å². The minimum absolute atomic E-state index is 0.575. The van der Waals surface area contributed by atoms with Gasteiger partial charge in [0.05, 0.1) is 11.6 Å². The average molecular weight is 405 g/mol. The third kappa shape index (κ3) is 3.49. The molecule has 1 N–H and O–H groups in total. The quantitative estimate of drug-likeness (QED) is 0.800. The van der Waals surface area contributed by atoms with Crippen LogP contribution in [-0.2, 0) is 13.1 Å². The van der Waals surface area contributed by atoms with Crippen molar-refractivity contribution in [1.82, 2.24) is 20.2 Å². The number of hydrogen-bond acceptors (Lipinski definition) is 5. The van der Waals surface area contributed by atoms with Crippen LogP contribution >= 0.6 is 31.9 Å². The van der Waals surface area contributed by atoms with E-state index in [1.165, 1.54) is 0 Å². The summed E-state index contributed by atoms with van der Waals surface area (Å²) in [6.45, 7) is 3.44. The maximum absolute atomic E-state index is 5.41. The van der Waals surface area contributed by atoms with E-state index in [9.17, 15) is 0 Å². The Kier molecular flexibility index (Phi) is 5.36. The van der Waals surface area contributed by atoms with E-state index in [4.69, 9.17) is 4.74 Å². The first-order chi connectivity index (χ1) is 9.65. The van der Waals surface area contributed by atoms with E-state index >= 15 is 0 Å². The van der Waals surface area contributed by atoms with Gasteiger partial charge in [0.1, 0.15) is 5.75 Å². The van der Waals surface area contributed by atoms with Crippen LogP contribution in [-0.4, -0.2) is 27.3 Å². The van der Waals surface area contributed by atoms with Crippen LogP contribution in [0, 0.1) is 0 Å². The van der Waals surface area contributed by atoms with Gasteiger partial charge in [-0.25, -0.2) is 4.68 Å². The molecule has 0 spiro atoms. The molecule has 0 bridgehead atoms. The summed E-state index contributed by atoms with van der Waals surface area (Å²) in [4.78, 5) is 0. The number of hydrogen-bond donors (Lipinski definition) is 1. The molecule has 0 radical (unpaired) electrons. The molecule has 0 aliphatic heterocycles. The number of tetrazole rings is 1. The molecule has 0 saturated heterocycles. The van der Waals surface area contributed by atoms with Gasteiger partial charge in [0.2, 0.25) is 5.95 Å². The summed E-state index contributed by atoms with van der Waals surface area (Å²) in [5.41, 5.74) is 1.01. The van der Waals surface area contributed by atoms with E-state index in [2.05, 4.69) is 59.6 Å². The predicted molar refractivity (Wildman–Crippen MR) is 83.8 cm³/mol. The minimum atomic E-state index is 0.575.